The maximum absolute atomic E-state index is 13.9. The molecule has 1 aromatic carbocycles. The minimum atomic E-state index is -4.91. The van der Waals surface area contributed by atoms with Crippen LogP contribution in [-0.2, 0) is 13.2 Å². The van der Waals surface area contributed by atoms with E-state index in [1.807, 2.05) is 0 Å². The van der Waals surface area contributed by atoms with Gasteiger partial charge in [-0.25, -0.2) is 13.8 Å². The number of alkyl halides is 3. The first-order valence-electron chi connectivity index (χ1n) is 5.79. The van der Waals surface area contributed by atoms with Gasteiger partial charge in [0, 0.05) is 13.1 Å². The molecule has 10 heteroatoms. The van der Waals surface area contributed by atoms with Crippen molar-refractivity contribution in [3.8, 4) is 5.69 Å². The summed E-state index contributed by atoms with van der Waals surface area (Å²) in [5.74, 6) is -1.06. The summed E-state index contributed by atoms with van der Waals surface area (Å²) in [5.41, 5.74) is 5.56. The van der Waals surface area contributed by atoms with Crippen molar-refractivity contribution in [3.05, 3.63) is 50.5 Å². The van der Waals surface area contributed by atoms with Crippen LogP contribution in [0.5, 0.6) is 0 Å². The van der Waals surface area contributed by atoms with Crippen LogP contribution in [0.4, 0.5) is 28.9 Å². The smallest absolute Gasteiger partial charge is 0.397 e. The molecule has 0 unspecified atom stereocenters. The fourth-order valence-corrected chi connectivity index (χ4v) is 1.93. The van der Waals surface area contributed by atoms with Crippen molar-refractivity contribution in [3.63, 3.8) is 0 Å². The summed E-state index contributed by atoms with van der Waals surface area (Å²) in [7, 11) is 0.807. The van der Waals surface area contributed by atoms with Crippen molar-refractivity contribution in [2.24, 2.45) is 7.05 Å². The lowest BCUT2D eigenvalue weighted by atomic mass is 10.2. The van der Waals surface area contributed by atoms with Crippen LogP contribution in [-0.4, -0.2) is 9.13 Å². The molecule has 0 aliphatic carbocycles. The molecule has 118 valence electrons. The fraction of sp³-hybridized carbons (Fsp3) is 0.167. The first-order valence-corrected chi connectivity index (χ1v) is 5.79. The molecular weight excluding hydrogens is 308 g/mol. The molecule has 0 amide bonds. The largest absolute Gasteiger partial charge is 0.431 e. The van der Waals surface area contributed by atoms with E-state index in [2.05, 4.69) is 0 Å². The normalized spacial score (nSPS) is 11.7. The molecule has 1 aromatic heterocycles. The van der Waals surface area contributed by atoms with Gasteiger partial charge >= 0.3 is 11.9 Å². The number of hydrogen-bond acceptors (Lipinski definition) is 4. The molecule has 0 aliphatic rings. The lowest BCUT2D eigenvalue weighted by Crippen LogP contribution is -2.41. The monoisotopic (exact) mass is 318 g/mol. The lowest BCUT2D eigenvalue weighted by molar-refractivity contribution is -0.144. The summed E-state index contributed by atoms with van der Waals surface area (Å²) in [6.07, 6.45) is -4.91. The number of benzene rings is 1. The summed E-state index contributed by atoms with van der Waals surface area (Å²) >= 11 is 0. The van der Waals surface area contributed by atoms with Crippen LogP contribution in [0.1, 0.15) is 5.69 Å². The van der Waals surface area contributed by atoms with Gasteiger partial charge in [0.25, 0.3) is 5.56 Å². The molecule has 0 fully saturated rings. The molecule has 0 bridgehead atoms. The molecule has 1 heterocycles. The van der Waals surface area contributed by atoms with Crippen molar-refractivity contribution in [2.45, 2.75) is 6.18 Å². The zero-order chi connectivity index (χ0) is 16.8. The van der Waals surface area contributed by atoms with Crippen molar-refractivity contribution in [1.82, 2.24) is 9.13 Å². The molecule has 4 N–H and O–H groups in total. The van der Waals surface area contributed by atoms with E-state index in [4.69, 9.17) is 11.5 Å². The lowest BCUT2D eigenvalue weighted by Gasteiger charge is -2.15. The Balaban J connectivity index is 2.92. The number of nitrogens with two attached hydrogens (primary N) is 2. The molecule has 0 atom stereocenters. The Morgan fingerprint density at radius 2 is 1.73 bits per heavy atom. The van der Waals surface area contributed by atoms with E-state index < -0.39 is 40.3 Å². The molecule has 0 aliphatic heterocycles. The number of halogens is 4. The number of nitrogen functional groups attached to an aromatic ring is 2. The first-order chi connectivity index (χ1) is 10.1. The van der Waals surface area contributed by atoms with Crippen LogP contribution in [0.3, 0.4) is 0 Å². The van der Waals surface area contributed by atoms with E-state index in [1.165, 1.54) is 0 Å². The number of anilines is 2. The second-order valence-electron chi connectivity index (χ2n) is 4.44. The molecule has 0 radical (unpaired) electrons. The Kier molecular flexibility index (Phi) is 3.47. The highest BCUT2D eigenvalue weighted by atomic mass is 19.4. The number of aromatic nitrogens is 2. The Labute approximate surface area is 120 Å². The number of rotatable bonds is 1. The maximum Gasteiger partial charge on any atom is 0.431 e. The van der Waals surface area contributed by atoms with Crippen LogP contribution < -0.4 is 22.7 Å². The van der Waals surface area contributed by atoms with Gasteiger partial charge in [-0.15, -0.1) is 0 Å². The second-order valence-corrected chi connectivity index (χ2v) is 4.44. The quantitative estimate of drug-likeness (QED) is 0.602. The van der Waals surface area contributed by atoms with Gasteiger partial charge in [-0.2, -0.15) is 13.2 Å². The molecule has 2 rings (SSSR count). The third-order valence-electron chi connectivity index (χ3n) is 3.04. The minimum absolute atomic E-state index is 0.120. The molecule has 2 aromatic rings. The summed E-state index contributed by atoms with van der Waals surface area (Å²) < 4.78 is 52.5. The molecule has 0 saturated heterocycles. The fourth-order valence-electron chi connectivity index (χ4n) is 1.93. The summed E-state index contributed by atoms with van der Waals surface area (Å²) in [4.78, 5) is 23.9. The first kappa shape index (κ1) is 15.6. The Morgan fingerprint density at radius 3 is 2.27 bits per heavy atom. The highest BCUT2D eigenvalue weighted by molar-refractivity contribution is 5.73. The SMILES string of the molecule is Cn1c(C(F)(F)F)cc(=O)n(-c2c(F)ccc(N)c2N)c1=O. The van der Waals surface area contributed by atoms with Gasteiger partial charge in [0.2, 0.25) is 0 Å². The second kappa shape index (κ2) is 4.90. The predicted octanol–water partition coefficient (Wildman–Crippen LogP) is 0.859. The minimum Gasteiger partial charge on any atom is -0.397 e. The van der Waals surface area contributed by atoms with E-state index in [0.717, 1.165) is 19.2 Å². The van der Waals surface area contributed by atoms with E-state index in [9.17, 15) is 27.2 Å². The average molecular weight is 318 g/mol. The zero-order valence-corrected chi connectivity index (χ0v) is 11.1. The van der Waals surface area contributed by atoms with Crippen LogP contribution in [0.25, 0.3) is 5.69 Å². The van der Waals surface area contributed by atoms with Gasteiger partial charge in [0.05, 0.1) is 11.4 Å². The van der Waals surface area contributed by atoms with Gasteiger partial charge in [-0.3, -0.25) is 9.36 Å². The standard InChI is InChI=1S/C12H10F4N4O2/c1-19-7(12(14,15)16)4-8(21)20(11(19)22)10-5(13)2-3-6(17)9(10)18/h2-4H,17-18H2,1H3. The Morgan fingerprint density at radius 1 is 1.14 bits per heavy atom. The number of nitrogens with zero attached hydrogens (tertiary/aromatic N) is 2. The van der Waals surface area contributed by atoms with E-state index >= 15 is 0 Å². The average Bonchev–Trinajstić information content (AvgIpc) is 2.41. The van der Waals surface area contributed by atoms with Gasteiger partial charge in [-0.1, -0.05) is 0 Å². The van der Waals surface area contributed by atoms with Crippen LogP contribution in [0.15, 0.2) is 27.8 Å². The summed E-state index contributed by atoms with van der Waals surface area (Å²) in [6.45, 7) is 0. The third kappa shape index (κ3) is 2.32. The number of hydrogen-bond donors (Lipinski definition) is 2. The van der Waals surface area contributed by atoms with Crippen molar-refractivity contribution >= 4 is 11.4 Å². The summed E-state index contributed by atoms with van der Waals surface area (Å²) in [6, 6.07) is 2.14. The highest BCUT2D eigenvalue weighted by Gasteiger charge is 2.35. The van der Waals surface area contributed by atoms with Crippen molar-refractivity contribution in [1.29, 1.82) is 0 Å². The zero-order valence-electron chi connectivity index (χ0n) is 11.1. The van der Waals surface area contributed by atoms with Gasteiger partial charge in [0.1, 0.15) is 17.2 Å². The predicted molar refractivity (Wildman–Crippen MR) is 71.1 cm³/mol. The van der Waals surface area contributed by atoms with E-state index in [-0.39, 0.29) is 20.9 Å². The van der Waals surface area contributed by atoms with Crippen LogP contribution in [0.2, 0.25) is 0 Å². The highest BCUT2D eigenvalue weighted by Crippen LogP contribution is 2.28. The Hall–Kier alpha value is -2.78. The van der Waals surface area contributed by atoms with E-state index in [0.29, 0.717) is 0 Å². The molecule has 22 heavy (non-hydrogen) atoms. The molecule has 0 saturated carbocycles. The molecular formula is C12H10F4N4O2. The van der Waals surface area contributed by atoms with Crippen LogP contribution in [0, 0.1) is 5.82 Å². The van der Waals surface area contributed by atoms with E-state index in [1.54, 1.807) is 0 Å². The summed E-state index contributed by atoms with van der Waals surface area (Å²) in [5, 5.41) is 0. The van der Waals surface area contributed by atoms with Crippen LogP contribution >= 0.6 is 0 Å². The maximum atomic E-state index is 13.9. The Bertz CT molecular complexity index is 867. The topological polar surface area (TPSA) is 96.0 Å². The molecule has 6 nitrogen and oxygen atoms in total. The van der Waals surface area contributed by atoms with Crippen molar-refractivity contribution < 1.29 is 17.6 Å². The van der Waals surface area contributed by atoms with Gasteiger partial charge < -0.3 is 11.5 Å². The third-order valence-corrected chi connectivity index (χ3v) is 3.04. The van der Waals surface area contributed by atoms with Gasteiger partial charge in [-0.05, 0) is 12.1 Å². The molecule has 0 spiro atoms. The van der Waals surface area contributed by atoms with Crippen molar-refractivity contribution in [2.75, 3.05) is 11.5 Å². The van der Waals surface area contributed by atoms with Gasteiger partial charge in [0.15, 0.2) is 0 Å².